The van der Waals surface area contributed by atoms with Gasteiger partial charge in [-0.05, 0) is 49.2 Å². The summed E-state index contributed by atoms with van der Waals surface area (Å²) < 4.78 is 39.1. The summed E-state index contributed by atoms with van der Waals surface area (Å²) in [6.07, 6.45) is 4.06. The Balaban J connectivity index is 1.64. The van der Waals surface area contributed by atoms with Crippen molar-refractivity contribution in [3.05, 3.63) is 78.4 Å². The van der Waals surface area contributed by atoms with Gasteiger partial charge in [0.05, 0.1) is 36.1 Å². The Bertz CT molecular complexity index is 1400. The van der Waals surface area contributed by atoms with Gasteiger partial charge in [-0.15, -0.1) is 0 Å². The van der Waals surface area contributed by atoms with Crippen LogP contribution in [0.5, 0.6) is 11.5 Å². The lowest BCUT2D eigenvalue weighted by Gasteiger charge is -2.25. The standard InChI is InChI=1S/C29H33N3O6S/c1-37-26-17-16-22(20-27(26)38-2)32(39(35,36)23-12-6-5-7-13-23)21-28(33)30-25-15-9-8-14-24(25)29(34)31-18-10-3-4-11-19-31/h5-9,12-17,20H,3-4,10-11,18-19,21H2,1-2H3,(H,30,33). The molecule has 0 saturated carbocycles. The summed E-state index contributed by atoms with van der Waals surface area (Å²) >= 11 is 0. The molecule has 10 heteroatoms. The topological polar surface area (TPSA) is 105 Å². The molecular weight excluding hydrogens is 518 g/mol. The number of methoxy groups -OCH3 is 2. The van der Waals surface area contributed by atoms with Crippen LogP contribution in [0.15, 0.2) is 77.7 Å². The third kappa shape index (κ3) is 6.51. The zero-order valence-electron chi connectivity index (χ0n) is 22.1. The summed E-state index contributed by atoms with van der Waals surface area (Å²) in [6.45, 7) is 0.811. The molecule has 0 aliphatic carbocycles. The van der Waals surface area contributed by atoms with Gasteiger partial charge in [0.15, 0.2) is 11.5 Å². The first-order valence-corrected chi connectivity index (χ1v) is 14.3. The molecule has 1 saturated heterocycles. The first-order valence-electron chi connectivity index (χ1n) is 12.8. The average Bonchev–Trinajstić information content (AvgIpc) is 3.26. The van der Waals surface area contributed by atoms with E-state index in [1.165, 1.54) is 32.4 Å². The zero-order chi connectivity index (χ0) is 27.8. The van der Waals surface area contributed by atoms with Crippen LogP contribution >= 0.6 is 0 Å². The van der Waals surface area contributed by atoms with Crippen molar-refractivity contribution in [3.8, 4) is 11.5 Å². The first kappa shape index (κ1) is 28.0. The van der Waals surface area contributed by atoms with Crippen molar-refractivity contribution >= 4 is 33.2 Å². The van der Waals surface area contributed by atoms with Gasteiger partial charge in [-0.25, -0.2) is 8.42 Å². The van der Waals surface area contributed by atoms with E-state index in [-0.39, 0.29) is 16.5 Å². The number of nitrogens with one attached hydrogen (secondary N) is 1. The fourth-order valence-electron chi connectivity index (χ4n) is 4.56. The number of ether oxygens (including phenoxy) is 2. The number of benzene rings is 3. The molecule has 9 nitrogen and oxygen atoms in total. The van der Waals surface area contributed by atoms with Crippen LogP contribution in [-0.2, 0) is 14.8 Å². The van der Waals surface area contributed by atoms with Crippen LogP contribution in [0.2, 0.25) is 0 Å². The van der Waals surface area contributed by atoms with Gasteiger partial charge in [0.1, 0.15) is 6.54 Å². The molecule has 3 aromatic carbocycles. The van der Waals surface area contributed by atoms with Crippen LogP contribution in [0.3, 0.4) is 0 Å². The van der Waals surface area contributed by atoms with Gasteiger partial charge in [-0.1, -0.05) is 43.2 Å². The highest BCUT2D eigenvalue weighted by molar-refractivity contribution is 7.92. The molecule has 2 amide bonds. The van der Waals surface area contributed by atoms with Gasteiger partial charge in [0.2, 0.25) is 5.91 Å². The number of carbonyl (C=O) groups excluding carboxylic acids is 2. The second kappa shape index (κ2) is 12.7. The van der Waals surface area contributed by atoms with E-state index in [1.807, 2.05) is 4.90 Å². The maximum Gasteiger partial charge on any atom is 0.264 e. The maximum absolute atomic E-state index is 13.7. The lowest BCUT2D eigenvalue weighted by molar-refractivity contribution is -0.114. The number of sulfonamides is 1. The van der Waals surface area contributed by atoms with Crippen molar-refractivity contribution < 1.29 is 27.5 Å². The van der Waals surface area contributed by atoms with E-state index in [0.29, 0.717) is 35.8 Å². The minimum atomic E-state index is -4.13. The van der Waals surface area contributed by atoms with E-state index >= 15 is 0 Å². The number of hydrogen-bond acceptors (Lipinski definition) is 6. The number of hydrogen-bond donors (Lipinski definition) is 1. The molecule has 0 unspecified atom stereocenters. The molecule has 0 radical (unpaired) electrons. The number of para-hydroxylation sites is 1. The predicted molar refractivity (Wildman–Crippen MR) is 150 cm³/mol. The number of rotatable bonds is 9. The van der Waals surface area contributed by atoms with Gasteiger partial charge in [0.25, 0.3) is 15.9 Å². The maximum atomic E-state index is 13.7. The zero-order valence-corrected chi connectivity index (χ0v) is 22.9. The molecular formula is C29H33N3O6S. The van der Waals surface area contributed by atoms with Gasteiger partial charge in [0, 0.05) is 19.2 Å². The van der Waals surface area contributed by atoms with Crippen LogP contribution in [0.1, 0.15) is 36.0 Å². The van der Waals surface area contributed by atoms with E-state index in [1.54, 1.807) is 54.6 Å². The van der Waals surface area contributed by atoms with Crippen molar-refractivity contribution in [1.29, 1.82) is 0 Å². The largest absolute Gasteiger partial charge is 0.493 e. The number of anilines is 2. The monoisotopic (exact) mass is 551 g/mol. The second-order valence-corrected chi connectivity index (χ2v) is 11.0. The van der Waals surface area contributed by atoms with E-state index in [9.17, 15) is 18.0 Å². The van der Waals surface area contributed by atoms with Crippen LogP contribution in [0, 0.1) is 0 Å². The fraction of sp³-hybridized carbons (Fsp3) is 0.310. The van der Waals surface area contributed by atoms with Crippen LogP contribution in [0.4, 0.5) is 11.4 Å². The van der Waals surface area contributed by atoms with Gasteiger partial charge >= 0.3 is 0 Å². The Labute approximate surface area is 229 Å². The quantitative estimate of drug-likeness (QED) is 0.418. The Hall–Kier alpha value is -4.05. The molecule has 0 aromatic heterocycles. The summed E-state index contributed by atoms with van der Waals surface area (Å²) in [5.74, 6) is -0.0114. The predicted octanol–water partition coefficient (Wildman–Crippen LogP) is 4.55. The van der Waals surface area contributed by atoms with Gasteiger partial charge in [-0.2, -0.15) is 0 Å². The first-order chi connectivity index (χ1) is 18.8. The molecule has 0 bridgehead atoms. The third-order valence-corrected chi connectivity index (χ3v) is 8.39. The molecule has 1 fully saturated rings. The van der Waals surface area contributed by atoms with Crippen LogP contribution in [-0.4, -0.2) is 59.0 Å². The summed E-state index contributed by atoms with van der Waals surface area (Å²) in [7, 11) is -1.21. The molecule has 0 atom stereocenters. The van der Waals surface area contributed by atoms with E-state index in [4.69, 9.17) is 9.47 Å². The smallest absolute Gasteiger partial charge is 0.264 e. The molecule has 39 heavy (non-hydrogen) atoms. The van der Waals surface area contributed by atoms with Crippen molar-refractivity contribution in [1.82, 2.24) is 4.90 Å². The highest BCUT2D eigenvalue weighted by atomic mass is 32.2. The number of nitrogens with zero attached hydrogens (tertiary/aromatic N) is 2. The lowest BCUT2D eigenvalue weighted by atomic mass is 10.1. The molecule has 0 spiro atoms. The Morgan fingerprint density at radius 3 is 2.15 bits per heavy atom. The molecule has 1 heterocycles. The number of amides is 2. The highest BCUT2D eigenvalue weighted by Crippen LogP contribution is 2.34. The number of carbonyl (C=O) groups is 2. The molecule has 1 aliphatic heterocycles. The average molecular weight is 552 g/mol. The summed E-state index contributed by atoms with van der Waals surface area (Å²) in [6, 6.07) is 19.3. The van der Waals surface area contributed by atoms with Crippen molar-refractivity contribution in [2.24, 2.45) is 0 Å². The Morgan fingerprint density at radius 2 is 1.49 bits per heavy atom. The molecule has 206 valence electrons. The van der Waals surface area contributed by atoms with Crippen molar-refractivity contribution in [2.75, 3.05) is 43.5 Å². The molecule has 3 aromatic rings. The van der Waals surface area contributed by atoms with Crippen molar-refractivity contribution in [3.63, 3.8) is 0 Å². The van der Waals surface area contributed by atoms with Crippen molar-refractivity contribution in [2.45, 2.75) is 30.6 Å². The van der Waals surface area contributed by atoms with Crippen LogP contribution < -0.4 is 19.1 Å². The Morgan fingerprint density at radius 1 is 0.846 bits per heavy atom. The number of likely N-dealkylation sites (tertiary alicyclic amines) is 1. The minimum Gasteiger partial charge on any atom is -0.493 e. The molecule has 4 rings (SSSR count). The van der Waals surface area contributed by atoms with E-state index in [2.05, 4.69) is 5.32 Å². The Kier molecular flexibility index (Phi) is 9.08. The summed E-state index contributed by atoms with van der Waals surface area (Å²) in [4.78, 5) is 28.5. The second-order valence-electron chi connectivity index (χ2n) is 9.16. The fourth-order valence-corrected chi connectivity index (χ4v) is 5.99. The normalized spacial score (nSPS) is 13.7. The van der Waals surface area contributed by atoms with E-state index in [0.717, 1.165) is 30.0 Å². The lowest BCUT2D eigenvalue weighted by Crippen LogP contribution is -2.38. The SMILES string of the molecule is COc1ccc(N(CC(=O)Nc2ccccc2C(=O)N2CCCCCC2)S(=O)(=O)c2ccccc2)cc1OC. The van der Waals surface area contributed by atoms with Gasteiger partial charge < -0.3 is 19.7 Å². The highest BCUT2D eigenvalue weighted by Gasteiger charge is 2.29. The summed E-state index contributed by atoms with van der Waals surface area (Å²) in [5.41, 5.74) is 0.929. The molecule has 1 N–H and O–H groups in total. The molecule has 1 aliphatic rings. The van der Waals surface area contributed by atoms with Crippen LogP contribution in [0.25, 0.3) is 0 Å². The van der Waals surface area contributed by atoms with Gasteiger partial charge in [-0.3, -0.25) is 13.9 Å². The summed E-state index contributed by atoms with van der Waals surface area (Å²) in [5, 5.41) is 2.77. The third-order valence-electron chi connectivity index (χ3n) is 6.60. The van der Waals surface area contributed by atoms with E-state index < -0.39 is 22.5 Å². The minimum absolute atomic E-state index is 0.0318.